The number of ketones is 2. The van der Waals surface area contributed by atoms with Crippen molar-refractivity contribution in [2.24, 2.45) is 50.2 Å². The normalized spacial score (nSPS) is 47.0. The smallest absolute Gasteiger partial charge is 0.313 e. The van der Waals surface area contributed by atoms with E-state index in [0.717, 1.165) is 25.7 Å². The molecule has 212 valence electrons. The van der Waals surface area contributed by atoms with E-state index in [1.54, 1.807) is 0 Å². The molecular weight excluding hydrogens is 472 g/mol. The molecule has 5 aliphatic carbocycles. The summed E-state index contributed by atoms with van der Waals surface area (Å²) in [6, 6.07) is 0. The summed E-state index contributed by atoms with van der Waals surface area (Å²) in [7, 11) is 0. The number of ether oxygens (including phenoxy) is 1. The van der Waals surface area contributed by atoms with Gasteiger partial charge in [-0.1, -0.05) is 61.0 Å². The zero-order valence-corrected chi connectivity index (χ0v) is 25.6. The van der Waals surface area contributed by atoms with E-state index >= 15 is 0 Å². The summed E-state index contributed by atoms with van der Waals surface area (Å²) >= 11 is 0. The Morgan fingerprint density at radius 2 is 1.55 bits per heavy atom. The topological polar surface area (TPSA) is 60.4 Å². The van der Waals surface area contributed by atoms with E-state index in [9.17, 15) is 14.4 Å². The fraction of sp³-hybridized carbons (Fsp3) is 0.853. The van der Waals surface area contributed by atoms with Crippen molar-refractivity contribution in [1.29, 1.82) is 0 Å². The Morgan fingerprint density at radius 1 is 0.895 bits per heavy atom. The molecule has 0 heterocycles. The second-order valence-corrected chi connectivity index (χ2v) is 16.6. The van der Waals surface area contributed by atoms with Gasteiger partial charge < -0.3 is 4.74 Å². The molecule has 4 fully saturated rings. The van der Waals surface area contributed by atoms with Gasteiger partial charge in [-0.3, -0.25) is 14.4 Å². The SMILES string of the molecule is CC(=O)CC(=O)O[C@H]1CC[C@@]2(C)C(CC[C@]3(C)C2C(=O)C=C2[C@@H]4CC(C)(C)CC[C@]4(C)CCC23C)C1(C)C. The maximum absolute atomic E-state index is 14.4. The average Bonchev–Trinajstić information content (AvgIpc) is 2.77. The van der Waals surface area contributed by atoms with Crippen molar-refractivity contribution >= 4 is 17.5 Å². The van der Waals surface area contributed by atoms with Crippen molar-refractivity contribution in [3.63, 3.8) is 0 Å². The number of hydrogen-bond donors (Lipinski definition) is 0. The van der Waals surface area contributed by atoms with Crippen LogP contribution in [0.5, 0.6) is 0 Å². The molecule has 4 nitrogen and oxygen atoms in total. The van der Waals surface area contributed by atoms with Gasteiger partial charge in [0.2, 0.25) is 0 Å². The van der Waals surface area contributed by atoms with Crippen LogP contribution < -0.4 is 0 Å². The minimum absolute atomic E-state index is 0.00315. The Labute approximate surface area is 231 Å². The highest BCUT2D eigenvalue weighted by atomic mass is 16.5. The summed E-state index contributed by atoms with van der Waals surface area (Å²) in [6.07, 6.45) is 11.7. The number of carbonyl (C=O) groups excluding carboxylic acids is 3. The number of allylic oxidation sites excluding steroid dienone is 2. The Hall–Kier alpha value is -1.45. The van der Waals surface area contributed by atoms with E-state index in [4.69, 9.17) is 4.74 Å². The van der Waals surface area contributed by atoms with Crippen LogP contribution in [-0.4, -0.2) is 23.6 Å². The van der Waals surface area contributed by atoms with E-state index in [1.165, 1.54) is 44.6 Å². The van der Waals surface area contributed by atoms with Crippen LogP contribution in [0.2, 0.25) is 0 Å². The van der Waals surface area contributed by atoms with Crippen LogP contribution >= 0.6 is 0 Å². The van der Waals surface area contributed by atoms with Crippen LogP contribution in [0.4, 0.5) is 0 Å². The molecule has 8 atom stereocenters. The molecule has 4 heteroatoms. The number of Topliss-reactive ketones (excluding diaryl/α,β-unsaturated/α-hetero) is 1. The Balaban J connectivity index is 1.51. The first-order valence-electron chi connectivity index (χ1n) is 15.3. The zero-order chi connectivity index (χ0) is 28.1. The molecule has 0 saturated heterocycles. The summed E-state index contributed by atoms with van der Waals surface area (Å²) in [5.41, 5.74) is 1.74. The minimum Gasteiger partial charge on any atom is -0.461 e. The Bertz CT molecular complexity index is 1080. The van der Waals surface area contributed by atoms with Crippen molar-refractivity contribution < 1.29 is 19.1 Å². The van der Waals surface area contributed by atoms with Crippen molar-refractivity contribution in [1.82, 2.24) is 0 Å². The molecule has 0 spiro atoms. The third-order valence-electron chi connectivity index (χ3n) is 13.4. The summed E-state index contributed by atoms with van der Waals surface area (Å²) in [6.45, 7) is 20.6. The van der Waals surface area contributed by atoms with E-state index < -0.39 is 5.97 Å². The second kappa shape index (κ2) is 8.53. The van der Waals surface area contributed by atoms with Gasteiger partial charge in [-0.2, -0.15) is 0 Å². The molecule has 0 aromatic heterocycles. The van der Waals surface area contributed by atoms with Crippen LogP contribution in [0.15, 0.2) is 11.6 Å². The highest BCUT2D eigenvalue weighted by molar-refractivity contribution is 5.96. The van der Waals surface area contributed by atoms with Crippen molar-refractivity contribution in [2.75, 3.05) is 0 Å². The van der Waals surface area contributed by atoms with Gasteiger partial charge in [-0.15, -0.1) is 0 Å². The summed E-state index contributed by atoms with van der Waals surface area (Å²) in [5, 5.41) is 0. The number of fused-ring (bicyclic) bond motifs is 7. The van der Waals surface area contributed by atoms with Crippen molar-refractivity contribution in [2.45, 2.75) is 133 Å². The third-order valence-corrected chi connectivity index (χ3v) is 13.4. The monoisotopic (exact) mass is 524 g/mol. The summed E-state index contributed by atoms with van der Waals surface area (Å²) in [4.78, 5) is 38.4. The number of rotatable bonds is 3. The minimum atomic E-state index is -0.408. The van der Waals surface area contributed by atoms with Gasteiger partial charge in [0.1, 0.15) is 18.3 Å². The average molecular weight is 525 g/mol. The number of carbonyl (C=O) groups is 3. The molecule has 5 aliphatic rings. The standard InChI is InChI=1S/C34H52O4/c1-21(35)18-27(37)38-26-11-12-32(7)25(30(26,4)5)10-13-34(9)28(32)24(36)19-22-23-20-29(2,3)14-15-31(23,6)16-17-33(22,34)8/h19,23,25-26,28H,10-18,20H2,1-9H3/t23-,25?,26-,28?,31+,32-,33?,34+/m0/s1. The van der Waals surface area contributed by atoms with Crippen LogP contribution in [0, 0.1) is 50.2 Å². The summed E-state index contributed by atoms with van der Waals surface area (Å²) in [5.74, 6) is 0.594. The molecule has 0 aromatic rings. The molecule has 5 rings (SSSR count). The van der Waals surface area contributed by atoms with E-state index in [2.05, 4.69) is 61.5 Å². The molecule has 38 heavy (non-hydrogen) atoms. The predicted octanol–water partition coefficient (Wildman–Crippen LogP) is 7.88. The lowest BCUT2D eigenvalue weighted by Gasteiger charge is -2.70. The van der Waals surface area contributed by atoms with Gasteiger partial charge in [0.05, 0.1) is 0 Å². The molecule has 4 saturated carbocycles. The van der Waals surface area contributed by atoms with Crippen LogP contribution in [0.1, 0.15) is 127 Å². The maximum atomic E-state index is 14.4. The Morgan fingerprint density at radius 3 is 2.21 bits per heavy atom. The van der Waals surface area contributed by atoms with Crippen LogP contribution in [0.25, 0.3) is 0 Å². The van der Waals surface area contributed by atoms with Gasteiger partial charge in [0, 0.05) is 11.3 Å². The predicted molar refractivity (Wildman–Crippen MR) is 150 cm³/mol. The molecule has 3 unspecified atom stereocenters. The lowest BCUT2D eigenvalue weighted by atomic mass is 9.33. The molecule has 0 bridgehead atoms. The fourth-order valence-electron chi connectivity index (χ4n) is 10.9. The highest BCUT2D eigenvalue weighted by Crippen LogP contribution is 2.75. The highest BCUT2D eigenvalue weighted by Gasteiger charge is 2.70. The van der Waals surface area contributed by atoms with Crippen LogP contribution in [0.3, 0.4) is 0 Å². The number of esters is 1. The third kappa shape index (κ3) is 3.85. The molecular formula is C34H52O4. The molecule has 0 aliphatic heterocycles. The van der Waals surface area contributed by atoms with Gasteiger partial charge in [0.25, 0.3) is 0 Å². The lowest BCUT2D eigenvalue weighted by molar-refractivity contribution is -0.210. The van der Waals surface area contributed by atoms with Gasteiger partial charge in [-0.25, -0.2) is 0 Å². The molecule has 0 aromatic carbocycles. The van der Waals surface area contributed by atoms with Gasteiger partial charge in [-0.05, 0) is 110 Å². The van der Waals surface area contributed by atoms with Crippen molar-refractivity contribution in [3.8, 4) is 0 Å². The first kappa shape index (κ1) is 28.1. The van der Waals surface area contributed by atoms with E-state index in [1.807, 2.05) is 0 Å². The Kier molecular flexibility index (Phi) is 6.30. The fourth-order valence-corrected chi connectivity index (χ4v) is 10.9. The van der Waals surface area contributed by atoms with Gasteiger partial charge >= 0.3 is 5.97 Å². The quantitative estimate of drug-likeness (QED) is 0.278. The summed E-state index contributed by atoms with van der Waals surface area (Å²) < 4.78 is 5.94. The first-order valence-corrected chi connectivity index (χ1v) is 15.3. The number of hydrogen-bond acceptors (Lipinski definition) is 4. The van der Waals surface area contributed by atoms with Crippen LogP contribution in [-0.2, 0) is 19.1 Å². The van der Waals surface area contributed by atoms with E-state index in [-0.39, 0.29) is 45.9 Å². The van der Waals surface area contributed by atoms with Gasteiger partial charge in [0.15, 0.2) is 5.78 Å². The largest absolute Gasteiger partial charge is 0.461 e. The maximum Gasteiger partial charge on any atom is 0.313 e. The molecule has 0 amide bonds. The molecule has 0 radical (unpaired) electrons. The molecule has 0 N–H and O–H groups in total. The first-order chi connectivity index (χ1) is 17.4. The second-order valence-electron chi connectivity index (χ2n) is 16.6. The van der Waals surface area contributed by atoms with E-state index in [0.29, 0.717) is 28.4 Å². The zero-order valence-electron chi connectivity index (χ0n) is 25.6. The van der Waals surface area contributed by atoms with Crippen molar-refractivity contribution in [3.05, 3.63) is 11.6 Å². The lowest BCUT2D eigenvalue weighted by Crippen LogP contribution is -2.66.